The Bertz CT molecular complexity index is 1100. The Morgan fingerprint density at radius 2 is 1.81 bits per heavy atom. The Kier molecular flexibility index (Phi) is 5.42. The number of hydrogen-bond donors (Lipinski definition) is 3. The van der Waals surface area contributed by atoms with Crippen molar-refractivity contribution >= 4 is 28.8 Å². The van der Waals surface area contributed by atoms with E-state index in [1.807, 2.05) is 6.92 Å². The first-order valence-electron chi connectivity index (χ1n) is 10.7. The molecule has 2 aromatic rings. The van der Waals surface area contributed by atoms with Gasteiger partial charge in [0, 0.05) is 17.7 Å². The zero-order valence-electron chi connectivity index (χ0n) is 18.6. The van der Waals surface area contributed by atoms with Gasteiger partial charge in [-0.1, -0.05) is 25.4 Å². The molecule has 1 aliphatic carbocycles. The molecule has 1 aliphatic heterocycles. The van der Waals surface area contributed by atoms with Gasteiger partial charge in [-0.05, 0) is 73.6 Å². The molecule has 1 heterocycles. The summed E-state index contributed by atoms with van der Waals surface area (Å²) in [5, 5.41) is 17.7. The fourth-order valence-corrected chi connectivity index (χ4v) is 4.71. The van der Waals surface area contributed by atoms with Crippen LogP contribution in [0.25, 0.3) is 0 Å². The largest absolute Gasteiger partial charge is 0.503 e. The van der Waals surface area contributed by atoms with Crippen molar-refractivity contribution in [3.8, 4) is 11.5 Å². The second kappa shape index (κ2) is 7.79. The minimum absolute atomic E-state index is 0.0869. The highest BCUT2D eigenvalue weighted by atomic mass is 35.5. The molecular formula is C25H29ClN2O3. The highest BCUT2D eigenvalue weighted by Crippen LogP contribution is 2.47. The number of phenols is 1. The van der Waals surface area contributed by atoms with E-state index in [0.29, 0.717) is 18.8 Å². The summed E-state index contributed by atoms with van der Waals surface area (Å²) in [5.74, 6) is 0.339. The molecule has 1 atom stereocenters. The number of hydrogen-bond acceptors (Lipinski definition) is 5. The average Bonchev–Trinajstić information content (AvgIpc) is 2.81. The number of phenolic OH excluding ortho intramolecular Hbond substituents is 1. The summed E-state index contributed by atoms with van der Waals surface area (Å²) in [6, 6.07) is 7.29. The van der Waals surface area contributed by atoms with Crippen LogP contribution in [0, 0.1) is 19.3 Å². The number of allylic oxidation sites excluding steroid dienone is 1. The van der Waals surface area contributed by atoms with E-state index in [4.69, 9.17) is 16.3 Å². The molecule has 31 heavy (non-hydrogen) atoms. The molecule has 6 heteroatoms. The first-order chi connectivity index (χ1) is 14.6. The topological polar surface area (TPSA) is 70.6 Å². The second-order valence-corrected chi connectivity index (χ2v) is 9.71. The average molecular weight is 441 g/mol. The lowest BCUT2D eigenvalue weighted by molar-refractivity contribution is -0.118. The summed E-state index contributed by atoms with van der Waals surface area (Å²) >= 11 is 6.34. The van der Waals surface area contributed by atoms with Crippen LogP contribution in [0.1, 0.15) is 56.3 Å². The Labute approximate surface area is 188 Å². The Balaban J connectivity index is 1.92. The Morgan fingerprint density at radius 1 is 1.13 bits per heavy atom. The van der Waals surface area contributed by atoms with Crippen molar-refractivity contribution in [3.05, 3.63) is 57.2 Å². The fraction of sp³-hybridized carbons (Fsp3) is 0.400. The highest BCUT2D eigenvalue weighted by Gasteiger charge is 2.39. The van der Waals surface area contributed by atoms with Crippen molar-refractivity contribution in [2.24, 2.45) is 5.41 Å². The summed E-state index contributed by atoms with van der Waals surface area (Å²) in [4.78, 5) is 13.4. The molecule has 0 saturated heterocycles. The van der Waals surface area contributed by atoms with Crippen molar-refractivity contribution in [2.75, 3.05) is 17.2 Å². The molecule has 5 nitrogen and oxygen atoms in total. The van der Waals surface area contributed by atoms with Gasteiger partial charge in [0.2, 0.25) is 0 Å². The van der Waals surface area contributed by atoms with Gasteiger partial charge in [-0.25, -0.2) is 0 Å². The zero-order valence-corrected chi connectivity index (χ0v) is 19.4. The summed E-state index contributed by atoms with van der Waals surface area (Å²) in [6.45, 7) is 10.6. The van der Waals surface area contributed by atoms with Crippen LogP contribution in [-0.4, -0.2) is 17.5 Å². The predicted octanol–water partition coefficient (Wildman–Crippen LogP) is 6.28. The van der Waals surface area contributed by atoms with Crippen LogP contribution in [0.5, 0.6) is 11.5 Å². The number of halogens is 1. The van der Waals surface area contributed by atoms with Crippen molar-refractivity contribution in [1.29, 1.82) is 0 Å². The van der Waals surface area contributed by atoms with Gasteiger partial charge in [0.25, 0.3) is 0 Å². The molecule has 164 valence electrons. The van der Waals surface area contributed by atoms with E-state index in [2.05, 4.69) is 50.5 Å². The summed E-state index contributed by atoms with van der Waals surface area (Å²) < 4.78 is 5.60. The van der Waals surface area contributed by atoms with Gasteiger partial charge in [-0.3, -0.25) is 4.79 Å². The molecule has 2 aliphatic rings. The third kappa shape index (κ3) is 3.99. The minimum Gasteiger partial charge on any atom is -0.503 e. The van der Waals surface area contributed by atoms with E-state index in [1.54, 1.807) is 12.1 Å². The predicted molar refractivity (Wildman–Crippen MR) is 125 cm³/mol. The monoisotopic (exact) mass is 440 g/mol. The maximum atomic E-state index is 13.4. The van der Waals surface area contributed by atoms with Crippen LogP contribution in [0.15, 0.2) is 35.5 Å². The second-order valence-electron chi connectivity index (χ2n) is 9.30. The third-order valence-electron chi connectivity index (χ3n) is 6.11. The fourth-order valence-electron chi connectivity index (χ4n) is 4.49. The number of aryl methyl sites for hydroxylation is 2. The number of rotatable bonds is 3. The summed E-state index contributed by atoms with van der Waals surface area (Å²) in [5.41, 5.74) is 6.53. The first kappa shape index (κ1) is 21.6. The third-order valence-corrected chi connectivity index (χ3v) is 6.40. The number of ketones is 1. The van der Waals surface area contributed by atoms with Crippen LogP contribution < -0.4 is 15.4 Å². The van der Waals surface area contributed by atoms with Crippen molar-refractivity contribution in [3.63, 3.8) is 0 Å². The van der Waals surface area contributed by atoms with E-state index in [-0.39, 0.29) is 22.0 Å². The Morgan fingerprint density at radius 3 is 2.48 bits per heavy atom. The van der Waals surface area contributed by atoms with Crippen molar-refractivity contribution in [1.82, 2.24) is 0 Å². The van der Waals surface area contributed by atoms with Crippen molar-refractivity contribution < 1.29 is 14.6 Å². The number of benzene rings is 2. The maximum absolute atomic E-state index is 13.4. The minimum atomic E-state index is -0.410. The quantitative estimate of drug-likeness (QED) is 0.523. The molecular weight excluding hydrogens is 412 g/mol. The number of Topliss-reactive ketones (excluding diaryl/α,β-unsaturated/α-hetero) is 1. The van der Waals surface area contributed by atoms with E-state index in [0.717, 1.165) is 40.2 Å². The van der Waals surface area contributed by atoms with E-state index >= 15 is 0 Å². The lowest BCUT2D eigenvalue weighted by Crippen LogP contribution is -2.31. The van der Waals surface area contributed by atoms with E-state index in [1.165, 1.54) is 5.56 Å². The molecule has 2 aromatic carbocycles. The first-order valence-corrected chi connectivity index (χ1v) is 11.0. The number of carbonyl (C=O) groups excluding carboxylic acids is 1. The molecule has 3 N–H and O–H groups in total. The molecule has 0 bridgehead atoms. The summed E-state index contributed by atoms with van der Waals surface area (Å²) in [6.07, 6.45) is 1.24. The molecule has 0 unspecified atom stereocenters. The highest BCUT2D eigenvalue weighted by molar-refractivity contribution is 6.32. The van der Waals surface area contributed by atoms with Crippen LogP contribution in [0.3, 0.4) is 0 Å². The van der Waals surface area contributed by atoms with Gasteiger partial charge >= 0.3 is 0 Å². The Hall–Kier alpha value is -2.66. The van der Waals surface area contributed by atoms with E-state index < -0.39 is 6.04 Å². The van der Waals surface area contributed by atoms with Crippen LogP contribution in [0.4, 0.5) is 11.4 Å². The lowest BCUT2D eigenvalue weighted by Gasteiger charge is -2.34. The number of aromatic hydroxyl groups is 1. The van der Waals surface area contributed by atoms with Gasteiger partial charge < -0.3 is 20.5 Å². The number of fused-ring (bicyclic) bond motifs is 1. The summed E-state index contributed by atoms with van der Waals surface area (Å²) in [7, 11) is 0. The van der Waals surface area contributed by atoms with Gasteiger partial charge in [-0.15, -0.1) is 0 Å². The van der Waals surface area contributed by atoms with Gasteiger partial charge in [0.15, 0.2) is 17.3 Å². The SMILES string of the molecule is CCOc1cc([C@@H]2Nc3cc(C)c(C)cc3NC3=C2C(=O)CC(C)(C)C3)cc(Cl)c1O. The van der Waals surface area contributed by atoms with Crippen LogP contribution in [0.2, 0.25) is 5.02 Å². The van der Waals surface area contributed by atoms with Crippen molar-refractivity contribution in [2.45, 2.75) is 53.5 Å². The molecule has 4 rings (SSSR count). The maximum Gasteiger partial charge on any atom is 0.176 e. The standard InChI is InChI=1S/C25H29ClN2O3/c1-6-31-21-10-15(9-16(26)24(21)30)23-22-19(11-25(4,5)12-20(22)29)27-17-7-13(2)14(3)8-18(17)28-23/h7-10,23,27-28,30H,6,11-12H2,1-5H3/t23-/m0/s1. The molecule has 0 radical (unpaired) electrons. The molecule has 0 amide bonds. The van der Waals surface area contributed by atoms with Gasteiger partial charge in [0.1, 0.15) is 0 Å². The van der Waals surface area contributed by atoms with Crippen LogP contribution >= 0.6 is 11.6 Å². The molecule has 0 saturated carbocycles. The number of nitrogens with one attached hydrogen (secondary N) is 2. The molecule has 0 fully saturated rings. The number of anilines is 2. The normalized spacial score (nSPS) is 19.7. The number of ether oxygens (including phenoxy) is 1. The smallest absolute Gasteiger partial charge is 0.176 e. The zero-order chi connectivity index (χ0) is 22.5. The van der Waals surface area contributed by atoms with E-state index in [9.17, 15) is 9.90 Å². The number of carbonyl (C=O) groups is 1. The molecule has 0 aromatic heterocycles. The molecule has 0 spiro atoms. The van der Waals surface area contributed by atoms with Gasteiger partial charge in [-0.2, -0.15) is 0 Å². The lowest BCUT2D eigenvalue weighted by atomic mass is 9.73. The van der Waals surface area contributed by atoms with Crippen LogP contribution in [-0.2, 0) is 4.79 Å². The van der Waals surface area contributed by atoms with Gasteiger partial charge in [0.05, 0.1) is 29.0 Å².